The highest BCUT2D eigenvalue weighted by atomic mass is 16.6. The number of rotatable bonds is 5. The number of hydrogen-bond donors (Lipinski definition) is 0. The van der Waals surface area contributed by atoms with Crippen LogP contribution in [-0.4, -0.2) is 60.8 Å². The monoisotopic (exact) mass is 382 g/mol. The Kier molecular flexibility index (Phi) is 7.43. The number of piperazine rings is 1. The molecule has 0 N–H and O–H groups in total. The lowest BCUT2D eigenvalue weighted by molar-refractivity contribution is 0.0137. The van der Waals surface area contributed by atoms with Gasteiger partial charge in [0, 0.05) is 32.7 Å². The third-order valence-electron chi connectivity index (χ3n) is 4.11. The number of carbonyl (C=O) groups is 1. The summed E-state index contributed by atoms with van der Waals surface area (Å²) in [5, 5.41) is 17.7. The first-order valence-corrected chi connectivity index (χ1v) is 9.26. The zero-order valence-corrected chi connectivity index (χ0v) is 16.6. The van der Waals surface area contributed by atoms with Gasteiger partial charge in [0.2, 0.25) is 0 Å². The number of amides is 1. The Morgan fingerprint density at radius 3 is 2.46 bits per heavy atom. The topological polar surface area (TPSA) is 89.6 Å². The van der Waals surface area contributed by atoms with E-state index in [-0.39, 0.29) is 11.7 Å². The summed E-state index contributed by atoms with van der Waals surface area (Å²) in [5.74, 6) is 0.691. The van der Waals surface area contributed by atoms with Crippen LogP contribution in [0.25, 0.3) is 6.08 Å². The second-order valence-electron chi connectivity index (χ2n) is 7.51. The molecule has 1 fully saturated rings. The molecule has 28 heavy (non-hydrogen) atoms. The highest BCUT2D eigenvalue weighted by Crippen LogP contribution is 2.16. The summed E-state index contributed by atoms with van der Waals surface area (Å²) in [6.45, 7) is 9.70. The van der Waals surface area contributed by atoms with Crippen molar-refractivity contribution >= 4 is 12.2 Å². The molecule has 0 aromatic heterocycles. The molecule has 1 aromatic rings. The summed E-state index contributed by atoms with van der Waals surface area (Å²) in [5.41, 5.74) is 0.328. The largest absolute Gasteiger partial charge is 0.492 e. The van der Waals surface area contributed by atoms with E-state index in [4.69, 9.17) is 20.0 Å². The Hall–Kier alpha value is -3.03. The van der Waals surface area contributed by atoms with Crippen molar-refractivity contribution in [2.75, 3.05) is 39.3 Å². The number of ether oxygens (including phenoxy) is 2. The smallest absolute Gasteiger partial charge is 0.410 e. The highest BCUT2D eigenvalue weighted by molar-refractivity contribution is 5.68. The number of benzene rings is 1. The van der Waals surface area contributed by atoms with Gasteiger partial charge in [-0.25, -0.2) is 4.79 Å². The van der Waals surface area contributed by atoms with Crippen molar-refractivity contribution in [3.05, 3.63) is 35.4 Å². The summed E-state index contributed by atoms with van der Waals surface area (Å²) in [7, 11) is 0. The first-order valence-electron chi connectivity index (χ1n) is 9.26. The molecule has 1 aromatic carbocycles. The van der Waals surface area contributed by atoms with Crippen LogP contribution >= 0.6 is 0 Å². The van der Waals surface area contributed by atoms with E-state index < -0.39 is 5.60 Å². The van der Waals surface area contributed by atoms with Crippen molar-refractivity contribution in [3.8, 4) is 17.9 Å². The number of carbonyl (C=O) groups excluding carboxylic acids is 1. The lowest BCUT2D eigenvalue weighted by Gasteiger charge is -2.35. The van der Waals surface area contributed by atoms with E-state index in [1.54, 1.807) is 11.0 Å². The first kappa shape index (κ1) is 21.3. The maximum atomic E-state index is 12.1. The van der Waals surface area contributed by atoms with E-state index in [9.17, 15) is 4.79 Å². The van der Waals surface area contributed by atoms with Gasteiger partial charge in [-0.2, -0.15) is 10.5 Å². The van der Waals surface area contributed by atoms with Gasteiger partial charge >= 0.3 is 6.09 Å². The van der Waals surface area contributed by atoms with Gasteiger partial charge in [-0.1, -0.05) is 12.1 Å². The fourth-order valence-electron chi connectivity index (χ4n) is 2.72. The molecule has 7 nitrogen and oxygen atoms in total. The Bertz CT molecular complexity index is 775. The molecule has 1 aliphatic rings. The van der Waals surface area contributed by atoms with Gasteiger partial charge in [0.1, 0.15) is 35.7 Å². The van der Waals surface area contributed by atoms with Crippen molar-refractivity contribution in [3.63, 3.8) is 0 Å². The van der Waals surface area contributed by atoms with Gasteiger partial charge in [-0.15, -0.1) is 0 Å². The van der Waals surface area contributed by atoms with E-state index in [0.717, 1.165) is 25.2 Å². The molecule has 0 aliphatic carbocycles. The second-order valence-corrected chi connectivity index (χ2v) is 7.51. The van der Waals surface area contributed by atoms with Crippen molar-refractivity contribution in [2.24, 2.45) is 0 Å². The molecular weight excluding hydrogens is 356 g/mol. The molecule has 0 saturated carbocycles. The third-order valence-corrected chi connectivity index (χ3v) is 4.11. The number of hydrogen-bond acceptors (Lipinski definition) is 6. The van der Waals surface area contributed by atoms with E-state index in [0.29, 0.717) is 25.4 Å². The fraction of sp³-hybridized carbons (Fsp3) is 0.476. The summed E-state index contributed by atoms with van der Waals surface area (Å²) in [6, 6.07) is 11.0. The lowest BCUT2D eigenvalue weighted by Crippen LogP contribution is -2.50. The van der Waals surface area contributed by atoms with Gasteiger partial charge in [0.15, 0.2) is 0 Å². The van der Waals surface area contributed by atoms with Crippen molar-refractivity contribution < 1.29 is 14.3 Å². The SMILES string of the molecule is CC(C)(C)OC(=O)N1CCN(CCOc2cccc(C=C(C#N)C#N)c2)CC1. The van der Waals surface area contributed by atoms with Crippen LogP contribution in [0.15, 0.2) is 29.8 Å². The minimum atomic E-state index is -0.479. The van der Waals surface area contributed by atoms with E-state index in [1.807, 2.05) is 51.1 Å². The molecule has 1 amide bonds. The number of nitriles is 2. The maximum Gasteiger partial charge on any atom is 0.410 e. The van der Waals surface area contributed by atoms with Crippen LogP contribution in [0.1, 0.15) is 26.3 Å². The normalized spacial score (nSPS) is 14.5. The predicted octanol–water partition coefficient (Wildman–Crippen LogP) is 3.05. The van der Waals surface area contributed by atoms with Crippen LogP contribution in [0, 0.1) is 22.7 Å². The average Bonchev–Trinajstić information content (AvgIpc) is 2.65. The van der Waals surface area contributed by atoms with Crippen LogP contribution in [0.3, 0.4) is 0 Å². The molecule has 0 radical (unpaired) electrons. The van der Waals surface area contributed by atoms with E-state index >= 15 is 0 Å². The van der Waals surface area contributed by atoms with Gasteiger partial charge in [-0.05, 0) is 44.5 Å². The minimum absolute atomic E-state index is 0.0556. The minimum Gasteiger partial charge on any atom is -0.492 e. The van der Waals surface area contributed by atoms with E-state index in [1.165, 1.54) is 6.08 Å². The van der Waals surface area contributed by atoms with Gasteiger partial charge in [-0.3, -0.25) is 4.90 Å². The maximum absolute atomic E-state index is 12.1. The van der Waals surface area contributed by atoms with Crippen LogP contribution in [0.4, 0.5) is 4.79 Å². The molecule has 0 atom stereocenters. The van der Waals surface area contributed by atoms with Crippen molar-refractivity contribution in [1.82, 2.24) is 9.80 Å². The molecule has 1 aliphatic heterocycles. The Morgan fingerprint density at radius 2 is 1.86 bits per heavy atom. The van der Waals surface area contributed by atoms with Gasteiger partial charge in [0.05, 0.1) is 0 Å². The molecule has 148 valence electrons. The molecule has 0 spiro atoms. The van der Waals surface area contributed by atoms with Crippen LogP contribution in [-0.2, 0) is 4.74 Å². The predicted molar refractivity (Wildman–Crippen MR) is 105 cm³/mol. The average molecular weight is 382 g/mol. The molecule has 1 heterocycles. The Labute approximate surface area is 166 Å². The lowest BCUT2D eigenvalue weighted by atomic mass is 10.1. The first-order chi connectivity index (χ1) is 13.3. The van der Waals surface area contributed by atoms with Crippen LogP contribution in [0.2, 0.25) is 0 Å². The summed E-state index contributed by atoms with van der Waals surface area (Å²) >= 11 is 0. The standard InChI is InChI=1S/C21H26N4O3/c1-21(2,3)28-20(26)25-9-7-24(8-10-25)11-12-27-19-6-4-5-17(14-19)13-18(15-22)16-23/h4-6,13-14H,7-12H2,1-3H3. The molecule has 0 bridgehead atoms. The van der Waals surface area contributed by atoms with Crippen LogP contribution in [0.5, 0.6) is 5.75 Å². The molecule has 1 saturated heterocycles. The number of nitrogens with zero attached hydrogens (tertiary/aromatic N) is 4. The van der Waals surface area contributed by atoms with Crippen molar-refractivity contribution in [2.45, 2.75) is 26.4 Å². The van der Waals surface area contributed by atoms with E-state index in [2.05, 4.69) is 4.90 Å². The summed E-state index contributed by atoms with van der Waals surface area (Å²) in [6.07, 6.45) is 1.27. The molecule has 2 rings (SSSR count). The number of allylic oxidation sites excluding steroid dienone is 1. The second kappa shape index (κ2) is 9.77. The Balaban J connectivity index is 1.77. The van der Waals surface area contributed by atoms with Gasteiger partial charge in [0.25, 0.3) is 0 Å². The van der Waals surface area contributed by atoms with Crippen molar-refractivity contribution in [1.29, 1.82) is 10.5 Å². The molecule has 0 unspecified atom stereocenters. The quantitative estimate of drug-likeness (QED) is 0.727. The Morgan fingerprint density at radius 1 is 1.18 bits per heavy atom. The van der Waals surface area contributed by atoms with Gasteiger partial charge < -0.3 is 14.4 Å². The molecule has 7 heteroatoms. The molecular formula is C21H26N4O3. The highest BCUT2D eigenvalue weighted by Gasteiger charge is 2.25. The fourth-order valence-corrected chi connectivity index (χ4v) is 2.72. The van der Waals surface area contributed by atoms with Crippen LogP contribution < -0.4 is 4.74 Å². The third kappa shape index (κ3) is 6.94. The summed E-state index contributed by atoms with van der Waals surface area (Å²) < 4.78 is 11.2. The zero-order valence-electron chi connectivity index (χ0n) is 16.6. The zero-order chi connectivity index (χ0) is 20.6. The summed E-state index contributed by atoms with van der Waals surface area (Å²) in [4.78, 5) is 16.1.